The van der Waals surface area contributed by atoms with Gasteiger partial charge in [0.1, 0.15) is 11.7 Å². The van der Waals surface area contributed by atoms with Crippen LogP contribution >= 0.6 is 0 Å². The van der Waals surface area contributed by atoms with Gasteiger partial charge in [0, 0.05) is 6.42 Å². The van der Waals surface area contributed by atoms with E-state index in [-0.39, 0.29) is 23.5 Å². The molecule has 2 aliphatic rings. The molecule has 2 aliphatic carbocycles. The fraction of sp³-hybridized carbons (Fsp3) is 0.857. The molecule has 18 heavy (non-hydrogen) atoms. The quantitative estimate of drug-likeness (QED) is 0.700. The standard InChI is InChI=1S/C14H22O4/c1-13(2)5-4-6-14(3)9(13)7-8(15)10(11(14)16)12(17)18/h9-11,16H,4-7H2,1-3H3,(H,17,18)/t9-,10-,11-,14+/m0/s1. The maximum Gasteiger partial charge on any atom is 0.316 e. The number of carboxylic acids is 1. The molecule has 0 bridgehead atoms. The molecule has 0 aromatic carbocycles. The van der Waals surface area contributed by atoms with E-state index in [0.717, 1.165) is 19.3 Å². The largest absolute Gasteiger partial charge is 0.481 e. The van der Waals surface area contributed by atoms with Gasteiger partial charge in [-0.1, -0.05) is 27.2 Å². The van der Waals surface area contributed by atoms with Crippen LogP contribution in [0.15, 0.2) is 0 Å². The Morgan fingerprint density at radius 3 is 2.44 bits per heavy atom. The van der Waals surface area contributed by atoms with Gasteiger partial charge in [0.05, 0.1) is 6.10 Å². The molecule has 0 spiro atoms. The van der Waals surface area contributed by atoms with Gasteiger partial charge in [0.2, 0.25) is 0 Å². The van der Waals surface area contributed by atoms with Crippen molar-refractivity contribution in [3.63, 3.8) is 0 Å². The molecule has 2 rings (SSSR count). The molecule has 0 amide bonds. The molecule has 2 fully saturated rings. The van der Waals surface area contributed by atoms with Crippen LogP contribution in [0.2, 0.25) is 0 Å². The fourth-order valence-corrected chi connectivity index (χ4v) is 4.19. The number of carbonyl (C=O) groups is 2. The normalized spacial score (nSPS) is 43.3. The van der Waals surface area contributed by atoms with Gasteiger partial charge in [-0.05, 0) is 29.6 Å². The van der Waals surface area contributed by atoms with Crippen molar-refractivity contribution in [1.82, 2.24) is 0 Å². The lowest BCUT2D eigenvalue weighted by atomic mass is 9.49. The second-order valence-electron chi connectivity index (χ2n) is 6.83. The number of hydrogen-bond donors (Lipinski definition) is 2. The number of carbonyl (C=O) groups excluding carboxylic acids is 1. The van der Waals surface area contributed by atoms with Gasteiger partial charge >= 0.3 is 5.97 Å². The first-order valence-electron chi connectivity index (χ1n) is 6.64. The Kier molecular flexibility index (Phi) is 3.05. The second-order valence-corrected chi connectivity index (χ2v) is 6.83. The van der Waals surface area contributed by atoms with Gasteiger partial charge in [-0.3, -0.25) is 9.59 Å². The molecule has 2 N–H and O–H groups in total. The van der Waals surface area contributed by atoms with Crippen molar-refractivity contribution in [2.24, 2.45) is 22.7 Å². The summed E-state index contributed by atoms with van der Waals surface area (Å²) in [4.78, 5) is 23.2. The van der Waals surface area contributed by atoms with Crippen LogP contribution in [0.1, 0.15) is 46.5 Å². The Bertz CT molecular complexity index is 387. The third-order valence-electron chi connectivity index (χ3n) is 5.29. The van der Waals surface area contributed by atoms with Crippen molar-refractivity contribution in [2.75, 3.05) is 0 Å². The molecule has 2 saturated carbocycles. The van der Waals surface area contributed by atoms with E-state index in [4.69, 9.17) is 5.11 Å². The van der Waals surface area contributed by atoms with Crippen LogP contribution in [0.5, 0.6) is 0 Å². The molecule has 102 valence electrons. The molecule has 0 radical (unpaired) electrons. The van der Waals surface area contributed by atoms with Gasteiger partial charge in [-0.2, -0.15) is 0 Å². The molecule has 0 aromatic heterocycles. The third-order valence-corrected chi connectivity index (χ3v) is 5.29. The lowest BCUT2D eigenvalue weighted by Crippen LogP contribution is -2.59. The van der Waals surface area contributed by atoms with E-state index in [2.05, 4.69) is 13.8 Å². The predicted octanol–water partition coefficient (Wildman–Crippen LogP) is 1.85. The average molecular weight is 254 g/mol. The number of Topliss-reactive ketones (excluding diaryl/α,β-unsaturated/α-hetero) is 1. The number of aliphatic hydroxyl groups excluding tert-OH is 1. The minimum atomic E-state index is -1.24. The van der Waals surface area contributed by atoms with Gasteiger partial charge in [0.25, 0.3) is 0 Å². The van der Waals surface area contributed by atoms with E-state index >= 15 is 0 Å². The summed E-state index contributed by atoms with van der Waals surface area (Å²) in [6.45, 7) is 6.19. The first-order chi connectivity index (χ1) is 8.20. The van der Waals surface area contributed by atoms with Crippen molar-refractivity contribution in [2.45, 2.75) is 52.6 Å². The summed E-state index contributed by atoms with van der Waals surface area (Å²) in [5.41, 5.74) is -0.453. The summed E-state index contributed by atoms with van der Waals surface area (Å²) >= 11 is 0. The van der Waals surface area contributed by atoms with E-state index in [1.807, 2.05) is 6.92 Å². The number of hydrogen-bond acceptors (Lipinski definition) is 3. The van der Waals surface area contributed by atoms with Crippen LogP contribution in [0.3, 0.4) is 0 Å². The topological polar surface area (TPSA) is 74.6 Å². The maximum absolute atomic E-state index is 12.0. The summed E-state index contributed by atoms with van der Waals surface area (Å²) < 4.78 is 0. The number of aliphatic carboxylic acids is 1. The summed E-state index contributed by atoms with van der Waals surface area (Å²) in [6.07, 6.45) is 2.06. The van der Waals surface area contributed by atoms with Crippen LogP contribution < -0.4 is 0 Å². The van der Waals surface area contributed by atoms with Gasteiger partial charge in [-0.25, -0.2) is 0 Å². The van der Waals surface area contributed by atoms with Crippen LogP contribution in [0.4, 0.5) is 0 Å². The van der Waals surface area contributed by atoms with Crippen molar-refractivity contribution in [3.8, 4) is 0 Å². The number of fused-ring (bicyclic) bond motifs is 1. The van der Waals surface area contributed by atoms with Crippen molar-refractivity contribution in [3.05, 3.63) is 0 Å². The van der Waals surface area contributed by atoms with Crippen molar-refractivity contribution >= 4 is 11.8 Å². The van der Waals surface area contributed by atoms with Gasteiger partial charge < -0.3 is 10.2 Å². The van der Waals surface area contributed by atoms with Crippen molar-refractivity contribution < 1.29 is 19.8 Å². The minimum Gasteiger partial charge on any atom is -0.481 e. The minimum absolute atomic E-state index is 0.00683. The van der Waals surface area contributed by atoms with Crippen molar-refractivity contribution in [1.29, 1.82) is 0 Å². The van der Waals surface area contributed by atoms with Crippen LogP contribution in [0, 0.1) is 22.7 Å². The first-order valence-corrected chi connectivity index (χ1v) is 6.64. The molecule has 0 unspecified atom stereocenters. The number of ketones is 1. The molecular weight excluding hydrogens is 232 g/mol. The number of rotatable bonds is 1. The fourth-order valence-electron chi connectivity index (χ4n) is 4.19. The Morgan fingerprint density at radius 1 is 1.28 bits per heavy atom. The monoisotopic (exact) mass is 254 g/mol. The lowest BCUT2D eigenvalue weighted by Gasteiger charge is -2.56. The molecule has 0 aromatic rings. The molecule has 4 nitrogen and oxygen atoms in total. The van der Waals surface area contributed by atoms with E-state index in [0.29, 0.717) is 0 Å². The predicted molar refractivity (Wildman–Crippen MR) is 66.0 cm³/mol. The van der Waals surface area contributed by atoms with Gasteiger partial charge in [0.15, 0.2) is 0 Å². The number of aliphatic hydroxyl groups is 1. The SMILES string of the molecule is CC1(C)CCC[C@@]2(C)[C@@H](O)[C@@H](C(=O)O)C(=O)C[C@@H]12. The highest BCUT2D eigenvalue weighted by Crippen LogP contribution is 2.57. The average Bonchev–Trinajstić information content (AvgIpc) is 2.21. The zero-order valence-electron chi connectivity index (χ0n) is 11.3. The first kappa shape index (κ1) is 13.5. The van der Waals surface area contributed by atoms with E-state index in [1.165, 1.54) is 0 Å². The molecule has 0 aliphatic heterocycles. The molecule has 0 heterocycles. The lowest BCUT2D eigenvalue weighted by molar-refractivity contribution is -0.177. The highest BCUT2D eigenvalue weighted by Gasteiger charge is 2.58. The highest BCUT2D eigenvalue weighted by molar-refractivity contribution is 5.99. The van der Waals surface area contributed by atoms with Gasteiger partial charge in [-0.15, -0.1) is 0 Å². The Hall–Kier alpha value is -0.900. The van der Waals surface area contributed by atoms with E-state index < -0.39 is 23.4 Å². The second kappa shape index (κ2) is 4.05. The van der Waals surface area contributed by atoms with Crippen LogP contribution in [0.25, 0.3) is 0 Å². The Morgan fingerprint density at radius 2 is 1.89 bits per heavy atom. The highest BCUT2D eigenvalue weighted by atomic mass is 16.4. The van der Waals surface area contributed by atoms with Crippen LogP contribution in [-0.2, 0) is 9.59 Å². The third kappa shape index (κ3) is 1.78. The van der Waals surface area contributed by atoms with Crippen LogP contribution in [-0.4, -0.2) is 28.1 Å². The summed E-state index contributed by atoms with van der Waals surface area (Å²) in [5, 5.41) is 19.5. The summed E-state index contributed by atoms with van der Waals surface area (Å²) in [7, 11) is 0. The number of carboxylic acid groups (broad SMARTS) is 1. The molecular formula is C14H22O4. The summed E-state index contributed by atoms with van der Waals surface area (Å²) in [6, 6.07) is 0. The van der Waals surface area contributed by atoms with E-state index in [9.17, 15) is 14.7 Å². The maximum atomic E-state index is 12.0. The summed E-state index contributed by atoms with van der Waals surface area (Å²) in [5.74, 6) is -2.65. The zero-order valence-corrected chi connectivity index (χ0v) is 11.3. The zero-order chi connectivity index (χ0) is 13.7. The Balaban J connectivity index is 2.40. The smallest absolute Gasteiger partial charge is 0.316 e. The Labute approximate surface area is 107 Å². The molecule has 4 heteroatoms. The molecule has 0 saturated heterocycles. The molecule has 4 atom stereocenters. The van der Waals surface area contributed by atoms with E-state index in [1.54, 1.807) is 0 Å².